The molecule has 1 fully saturated rings. The van der Waals surface area contributed by atoms with Crippen LogP contribution >= 0.6 is 11.8 Å². The van der Waals surface area contributed by atoms with Gasteiger partial charge in [-0.05, 0) is 13.8 Å². The third-order valence-corrected chi connectivity index (χ3v) is 4.26. The molecule has 6 heteroatoms. The van der Waals surface area contributed by atoms with Crippen molar-refractivity contribution >= 4 is 17.6 Å². The monoisotopic (exact) mass is 277 g/mol. The van der Waals surface area contributed by atoms with Gasteiger partial charge < -0.3 is 5.32 Å². The van der Waals surface area contributed by atoms with Crippen molar-refractivity contribution in [2.45, 2.75) is 19.4 Å². The predicted octanol–water partition coefficient (Wildman–Crippen LogP) is 1.59. The number of anilines is 1. The average Bonchev–Trinajstić information content (AvgIpc) is 2.46. The van der Waals surface area contributed by atoms with Crippen molar-refractivity contribution in [3.8, 4) is 6.07 Å². The van der Waals surface area contributed by atoms with Crippen molar-refractivity contribution in [3.63, 3.8) is 0 Å². The largest absolute Gasteiger partial charge is 0.367 e. The average molecular weight is 277 g/mol. The normalized spacial score (nSPS) is 16.9. The fraction of sp³-hybridized carbons (Fsp3) is 0.615. The Morgan fingerprint density at radius 1 is 1.42 bits per heavy atom. The SMILES string of the molecule is CC(C)(CNc1cncc(C#N)n1)N1CCSCC1. The van der Waals surface area contributed by atoms with Crippen LogP contribution in [0.3, 0.4) is 0 Å². The van der Waals surface area contributed by atoms with Gasteiger partial charge in [-0.2, -0.15) is 17.0 Å². The van der Waals surface area contributed by atoms with E-state index in [0.717, 1.165) is 19.6 Å². The Hall–Kier alpha value is -1.32. The van der Waals surface area contributed by atoms with E-state index in [1.54, 1.807) is 6.20 Å². The van der Waals surface area contributed by atoms with Crippen LogP contribution in [0.4, 0.5) is 5.82 Å². The molecule has 1 aliphatic rings. The molecule has 0 spiro atoms. The molecule has 0 aliphatic carbocycles. The summed E-state index contributed by atoms with van der Waals surface area (Å²) in [6.45, 7) is 7.52. The topological polar surface area (TPSA) is 64.8 Å². The van der Waals surface area contributed by atoms with E-state index in [1.165, 1.54) is 17.7 Å². The van der Waals surface area contributed by atoms with Crippen molar-refractivity contribution in [1.82, 2.24) is 14.9 Å². The van der Waals surface area contributed by atoms with Gasteiger partial charge in [-0.3, -0.25) is 9.88 Å². The van der Waals surface area contributed by atoms with Gasteiger partial charge in [-0.1, -0.05) is 0 Å². The Morgan fingerprint density at radius 3 is 2.84 bits per heavy atom. The zero-order valence-electron chi connectivity index (χ0n) is 11.4. The summed E-state index contributed by atoms with van der Waals surface area (Å²) in [5.41, 5.74) is 0.419. The lowest BCUT2D eigenvalue weighted by Crippen LogP contribution is -2.52. The molecule has 0 amide bonds. The van der Waals surface area contributed by atoms with Gasteiger partial charge in [-0.15, -0.1) is 0 Å². The highest BCUT2D eigenvalue weighted by Crippen LogP contribution is 2.20. The molecular formula is C13H19N5S. The number of nitrogens with one attached hydrogen (secondary N) is 1. The lowest BCUT2D eigenvalue weighted by Gasteiger charge is -2.40. The van der Waals surface area contributed by atoms with Gasteiger partial charge in [0.2, 0.25) is 0 Å². The molecule has 0 unspecified atom stereocenters. The molecule has 102 valence electrons. The first-order chi connectivity index (χ1) is 9.12. The van der Waals surface area contributed by atoms with Crippen molar-refractivity contribution in [2.24, 2.45) is 0 Å². The van der Waals surface area contributed by atoms with Gasteiger partial charge in [0.25, 0.3) is 0 Å². The Balaban J connectivity index is 1.94. The van der Waals surface area contributed by atoms with Crippen LogP contribution in [0.25, 0.3) is 0 Å². The lowest BCUT2D eigenvalue weighted by atomic mass is 10.0. The van der Waals surface area contributed by atoms with Crippen LogP contribution in [0, 0.1) is 11.3 Å². The molecule has 19 heavy (non-hydrogen) atoms. The molecule has 1 saturated heterocycles. The number of aromatic nitrogens is 2. The Morgan fingerprint density at radius 2 is 2.16 bits per heavy atom. The van der Waals surface area contributed by atoms with Crippen LogP contribution in [-0.2, 0) is 0 Å². The van der Waals surface area contributed by atoms with Crippen LogP contribution in [0.2, 0.25) is 0 Å². The summed E-state index contributed by atoms with van der Waals surface area (Å²) in [5.74, 6) is 3.07. The quantitative estimate of drug-likeness (QED) is 0.901. The molecule has 0 aromatic carbocycles. The first-order valence-electron chi connectivity index (χ1n) is 6.41. The van der Waals surface area contributed by atoms with Gasteiger partial charge in [0.15, 0.2) is 5.69 Å². The lowest BCUT2D eigenvalue weighted by molar-refractivity contribution is 0.146. The standard InChI is InChI=1S/C13H19N5S/c1-13(2,18-3-5-19-6-4-18)10-16-12-9-15-8-11(7-14)17-12/h8-9H,3-6,10H2,1-2H3,(H,16,17). The van der Waals surface area contributed by atoms with Crippen LogP contribution in [0.5, 0.6) is 0 Å². The third kappa shape index (κ3) is 3.82. The fourth-order valence-electron chi connectivity index (χ4n) is 2.09. The Kier molecular flexibility index (Phi) is 4.61. The Bertz CT molecular complexity index is 462. The number of thioether (sulfide) groups is 1. The minimum absolute atomic E-state index is 0.0747. The van der Waals surface area contributed by atoms with Crippen LogP contribution < -0.4 is 5.32 Å². The molecule has 2 rings (SSSR count). The molecule has 1 aliphatic heterocycles. The van der Waals surface area contributed by atoms with E-state index in [4.69, 9.17) is 5.26 Å². The van der Waals surface area contributed by atoms with Gasteiger partial charge in [-0.25, -0.2) is 4.98 Å². The molecular weight excluding hydrogens is 258 g/mol. The van der Waals surface area contributed by atoms with Crippen molar-refractivity contribution in [1.29, 1.82) is 5.26 Å². The maximum absolute atomic E-state index is 8.80. The van der Waals surface area contributed by atoms with Crippen LogP contribution in [0.1, 0.15) is 19.5 Å². The Labute approximate surface area is 118 Å². The summed E-state index contributed by atoms with van der Waals surface area (Å²) >= 11 is 2.01. The second kappa shape index (κ2) is 6.22. The smallest absolute Gasteiger partial charge is 0.161 e. The van der Waals surface area contributed by atoms with Crippen molar-refractivity contribution in [2.75, 3.05) is 36.5 Å². The molecule has 0 atom stereocenters. The predicted molar refractivity (Wildman–Crippen MR) is 78.2 cm³/mol. The van der Waals surface area contributed by atoms with E-state index in [2.05, 4.69) is 34.0 Å². The van der Waals surface area contributed by atoms with E-state index in [9.17, 15) is 0 Å². The zero-order valence-corrected chi connectivity index (χ0v) is 12.2. The number of hydrogen-bond acceptors (Lipinski definition) is 6. The number of nitrogens with zero attached hydrogens (tertiary/aromatic N) is 4. The molecule has 2 heterocycles. The molecule has 1 aromatic rings. The molecule has 1 aromatic heterocycles. The van der Waals surface area contributed by atoms with Crippen LogP contribution in [-0.4, -0.2) is 51.5 Å². The minimum Gasteiger partial charge on any atom is -0.367 e. The zero-order chi connectivity index (χ0) is 13.7. The number of nitriles is 1. The van der Waals surface area contributed by atoms with E-state index in [-0.39, 0.29) is 5.54 Å². The van der Waals surface area contributed by atoms with E-state index in [0.29, 0.717) is 11.5 Å². The summed E-state index contributed by atoms with van der Waals surface area (Å²) in [4.78, 5) is 10.7. The maximum atomic E-state index is 8.80. The summed E-state index contributed by atoms with van der Waals surface area (Å²) < 4.78 is 0. The van der Waals surface area contributed by atoms with Crippen LogP contribution in [0.15, 0.2) is 12.4 Å². The molecule has 0 radical (unpaired) electrons. The number of rotatable bonds is 4. The van der Waals surface area contributed by atoms with Gasteiger partial charge in [0.1, 0.15) is 11.9 Å². The number of hydrogen-bond donors (Lipinski definition) is 1. The second-order valence-electron chi connectivity index (χ2n) is 5.17. The summed E-state index contributed by atoms with van der Waals surface area (Å²) in [6, 6.07) is 2.00. The minimum atomic E-state index is 0.0747. The summed E-state index contributed by atoms with van der Waals surface area (Å²) in [6.07, 6.45) is 3.13. The van der Waals surface area contributed by atoms with E-state index < -0.39 is 0 Å². The highest BCUT2D eigenvalue weighted by atomic mass is 32.2. The fourth-order valence-corrected chi connectivity index (χ4v) is 3.00. The summed E-state index contributed by atoms with van der Waals surface area (Å²) in [7, 11) is 0. The third-order valence-electron chi connectivity index (χ3n) is 3.32. The van der Waals surface area contributed by atoms with E-state index >= 15 is 0 Å². The van der Waals surface area contributed by atoms with Gasteiger partial charge in [0.05, 0.1) is 12.4 Å². The molecule has 0 bridgehead atoms. The first kappa shape index (κ1) is 14.1. The molecule has 5 nitrogen and oxygen atoms in total. The molecule has 1 N–H and O–H groups in total. The molecule has 0 saturated carbocycles. The van der Waals surface area contributed by atoms with Crippen molar-refractivity contribution < 1.29 is 0 Å². The maximum Gasteiger partial charge on any atom is 0.161 e. The van der Waals surface area contributed by atoms with Crippen molar-refractivity contribution in [3.05, 3.63) is 18.1 Å². The van der Waals surface area contributed by atoms with E-state index in [1.807, 2.05) is 17.8 Å². The first-order valence-corrected chi connectivity index (χ1v) is 7.56. The highest BCUT2D eigenvalue weighted by Gasteiger charge is 2.27. The summed E-state index contributed by atoms with van der Waals surface area (Å²) in [5, 5.41) is 12.1. The van der Waals surface area contributed by atoms with Gasteiger partial charge >= 0.3 is 0 Å². The highest BCUT2D eigenvalue weighted by molar-refractivity contribution is 7.99. The van der Waals surface area contributed by atoms with Gasteiger partial charge in [0, 0.05) is 36.7 Å². The second-order valence-corrected chi connectivity index (χ2v) is 6.39.